The maximum Gasteiger partial charge on any atom is 0.101 e. The van der Waals surface area contributed by atoms with Crippen LogP contribution in [-0.2, 0) is 0 Å². The fourth-order valence-corrected chi connectivity index (χ4v) is 7.78. The van der Waals surface area contributed by atoms with Crippen molar-refractivity contribution in [1.29, 1.82) is 0 Å². The van der Waals surface area contributed by atoms with E-state index in [4.69, 9.17) is 0 Å². The van der Waals surface area contributed by atoms with E-state index in [-0.39, 0.29) is 0 Å². The van der Waals surface area contributed by atoms with Gasteiger partial charge in [0.1, 0.15) is 6.17 Å². The number of hydrogen-bond acceptors (Lipinski definition) is 2. The highest BCUT2D eigenvalue weighted by atomic mass is 15.4. The topological polar surface area (TPSA) is 6.48 Å². The summed E-state index contributed by atoms with van der Waals surface area (Å²) in [6, 6.07) is 0. The van der Waals surface area contributed by atoms with Crippen LogP contribution in [0.3, 0.4) is 0 Å². The second kappa shape index (κ2) is 36.6. The second-order valence-electron chi connectivity index (χ2n) is 15.7. The third kappa shape index (κ3) is 28.8. The summed E-state index contributed by atoms with van der Waals surface area (Å²) in [6.07, 6.45) is 58.9. The third-order valence-electron chi connectivity index (χ3n) is 11.1. The van der Waals surface area contributed by atoms with E-state index in [2.05, 4.69) is 43.0 Å². The lowest BCUT2D eigenvalue weighted by Gasteiger charge is -2.33. The van der Waals surface area contributed by atoms with Crippen LogP contribution in [0.4, 0.5) is 0 Å². The Hall–Kier alpha value is -0.660. The molecule has 280 valence electrons. The molecule has 1 unspecified atom stereocenters. The van der Waals surface area contributed by atoms with Crippen molar-refractivity contribution >= 4 is 0 Å². The van der Waals surface area contributed by atoms with Crippen molar-refractivity contribution < 1.29 is 0 Å². The molecule has 0 saturated carbocycles. The molecule has 1 heterocycles. The van der Waals surface area contributed by atoms with Gasteiger partial charge in [-0.05, 0) is 25.7 Å². The lowest BCUT2D eigenvalue weighted by atomic mass is 10.0. The van der Waals surface area contributed by atoms with Crippen LogP contribution < -0.4 is 0 Å². The molecule has 0 radical (unpaired) electrons. The smallest absolute Gasteiger partial charge is 0.101 e. The summed E-state index contributed by atoms with van der Waals surface area (Å²) in [4.78, 5) is 5.44. The molecule has 0 N–H and O–H groups in total. The molecule has 0 aromatic heterocycles. The van der Waals surface area contributed by atoms with Crippen molar-refractivity contribution in [2.24, 2.45) is 0 Å². The van der Waals surface area contributed by atoms with Crippen molar-refractivity contribution in [3.63, 3.8) is 0 Å². The van der Waals surface area contributed by atoms with Gasteiger partial charge in [-0.25, -0.2) is 0 Å². The first-order valence-electron chi connectivity index (χ1n) is 22.5. The summed E-state index contributed by atoms with van der Waals surface area (Å²) in [5.74, 6) is 0. The van der Waals surface area contributed by atoms with Gasteiger partial charge in [-0.1, -0.05) is 233 Å². The van der Waals surface area contributed by atoms with E-state index in [1.54, 1.807) is 0 Å². The second-order valence-corrected chi connectivity index (χ2v) is 15.7. The number of rotatable bonds is 39. The van der Waals surface area contributed by atoms with Gasteiger partial charge in [-0.3, -0.25) is 0 Å². The summed E-state index contributed by atoms with van der Waals surface area (Å²) >= 11 is 0. The summed E-state index contributed by atoms with van der Waals surface area (Å²) in [7, 11) is 0. The lowest BCUT2D eigenvalue weighted by molar-refractivity contribution is 0.135. The highest BCUT2D eigenvalue weighted by Gasteiger charge is 2.24. The molecule has 0 bridgehead atoms. The Morgan fingerprint density at radius 2 is 0.489 bits per heavy atom. The molecular weight excluding hydrogens is 569 g/mol. The molecule has 47 heavy (non-hydrogen) atoms. The van der Waals surface area contributed by atoms with Crippen molar-refractivity contribution in [2.75, 3.05) is 13.1 Å². The molecule has 0 aromatic carbocycles. The molecule has 0 amide bonds. The van der Waals surface area contributed by atoms with E-state index in [0.29, 0.717) is 6.17 Å². The average Bonchev–Trinajstić information content (AvgIpc) is 3.47. The van der Waals surface area contributed by atoms with Gasteiger partial charge >= 0.3 is 0 Å². The van der Waals surface area contributed by atoms with Gasteiger partial charge in [0.05, 0.1) is 0 Å². The highest BCUT2D eigenvalue weighted by Crippen LogP contribution is 2.24. The summed E-state index contributed by atoms with van der Waals surface area (Å²) in [5, 5.41) is 0. The zero-order chi connectivity index (χ0) is 33.7. The SMILES string of the molecule is CCCCCCCCCCCCCCCCCCCN1C=CN(CCCCCCCC)C1CCCCCCCCCCCCCCC. The maximum atomic E-state index is 2.72. The number of nitrogens with zero attached hydrogens (tertiary/aromatic N) is 2. The molecule has 0 aromatic rings. The van der Waals surface area contributed by atoms with Gasteiger partial charge in [-0.2, -0.15) is 0 Å². The fraction of sp³-hybridized carbons (Fsp3) is 0.956. The minimum absolute atomic E-state index is 0.638. The fourth-order valence-electron chi connectivity index (χ4n) is 7.78. The minimum Gasteiger partial charge on any atom is -0.356 e. The summed E-state index contributed by atoms with van der Waals surface area (Å²) in [5.41, 5.74) is 0. The van der Waals surface area contributed by atoms with E-state index >= 15 is 0 Å². The molecular formula is C45H90N2. The summed E-state index contributed by atoms with van der Waals surface area (Å²) in [6.45, 7) is 9.49. The largest absolute Gasteiger partial charge is 0.356 e. The Morgan fingerprint density at radius 3 is 0.745 bits per heavy atom. The van der Waals surface area contributed by atoms with Crippen molar-refractivity contribution in [2.45, 2.75) is 265 Å². The Morgan fingerprint density at radius 1 is 0.277 bits per heavy atom. The molecule has 1 aliphatic heterocycles. The van der Waals surface area contributed by atoms with Crippen molar-refractivity contribution in [1.82, 2.24) is 9.80 Å². The maximum absolute atomic E-state index is 2.72. The quantitative estimate of drug-likeness (QED) is 0.0606. The Bertz CT molecular complexity index is 615. The van der Waals surface area contributed by atoms with Gasteiger partial charge in [0, 0.05) is 25.5 Å². The first-order valence-corrected chi connectivity index (χ1v) is 22.5. The molecule has 0 aliphatic carbocycles. The first kappa shape index (κ1) is 44.4. The molecule has 2 heteroatoms. The van der Waals surface area contributed by atoms with Gasteiger partial charge in [0.15, 0.2) is 0 Å². The van der Waals surface area contributed by atoms with Crippen LogP contribution in [0.25, 0.3) is 0 Å². The minimum atomic E-state index is 0.638. The molecule has 2 nitrogen and oxygen atoms in total. The molecule has 0 saturated heterocycles. The first-order chi connectivity index (χ1) is 23.3. The molecule has 1 rings (SSSR count). The van der Waals surface area contributed by atoms with Gasteiger partial charge < -0.3 is 9.80 Å². The van der Waals surface area contributed by atoms with Gasteiger partial charge in [-0.15, -0.1) is 0 Å². The van der Waals surface area contributed by atoms with Crippen molar-refractivity contribution in [3.05, 3.63) is 12.4 Å². The van der Waals surface area contributed by atoms with Crippen LogP contribution in [0.15, 0.2) is 12.4 Å². The molecule has 0 spiro atoms. The Kier molecular flexibility index (Phi) is 34.6. The Labute approximate surface area is 299 Å². The number of hydrogen-bond donors (Lipinski definition) is 0. The van der Waals surface area contributed by atoms with Crippen LogP contribution >= 0.6 is 0 Å². The van der Waals surface area contributed by atoms with Crippen LogP contribution in [0, 0.1) is 0 Å². The standard InChI is InChI=1S/C45H90N2/c1-4-7-10-13-16-18-20-22-23-24-25-27-29-31-33-36-39-42-47-44-43-46(41-38-35-15-12-9-6-3)45(47)40-37-34-32-30-28-26-21-19-17-14-11-8-5-2/h43-45H,4-42H2,1-3H3. The van der Waals surface area contributed by atoms with Gasteiger partial charge in [0.2, 0.25) is 0 Å². The summed E-state index contributed by atoms with van der Waals surface area (Å²) < 4.78 is 0. The van der Waals surface area contributed by atoms with E-state index in [1.165, 1.54) is 251 Å². The predicted octanol–water partition coefficient (Wildman–Crippen LogP) is 15.9. The van der Waals surface area contributed by atoms with Crippen LogP contribution in [0.2, 0.25) is 0 Å². The van der Waals surface area contributed by atoms with Crippen LogP contribution in [0.1, 0.15) is 258 Å². The zero-order valence-corrected chi connectivity index (χ0v) is 33.2. The van der Waals surface area contributed by atoms with Gasteiger partial charge in [0.25, 0.3) is 0 Å². The lowest BCUT2D eigenvalue weighted by Crippen LogP contribution is -2.39. The molecule has 1 atom stereocenters. The van der Waals surface area contributed by atoms with E-state index < -0.39 is 0 Å². The van der Waals surface area contributed by atoms with Crippen LogP contribution in [-0.4, -0.2) is 29.1 Å². The predicted molar refractivity (Wildman–Crippen MR) is 214 cm³/mol. The van der Waals surface area contributed by atoms with Crippen molar-refractivity contribution in [3.8, 4) is 0 Å². The zero-order valence-electron chi connectivity index (χ0n) is 33.2. The number of unbranched alkanes of at least 4 members (excludes halogenated alkanes) is 33. The highest BCUT2D eigenvalue weighted by molar-refractivity contribution is 4.97. The molecule has 0 fully saturated rings. The average molecular weight is 659 g/mol. The Balaban J connectivity index is 2.12. The van der Waals surface area contributed by atoms with E-state index in [9.17, 15) is 0 Å². The van der Waals surface area contributed by atoms with Crippen LogP contribution in [0.5, 0.6) is 0 Å². The molecule has 1 aliphatic rings. The normalized spacial score (nSPS) is 14.7. The monoisotopic (exact) mass is 659 g/mol. The van der Waals surface area contributed by atoms with E-state index in [1.807, 2.05) is 0 Å². The third-order valence-corrected chi connectivity index (χ3v) is 11.1. The van der Waals surface area contributed by atoms with E-state index in [0.717, 1.165) is 0 Å².